The van der Waals surface area contributed by atoms with Crippen molar-refractivity contribution in [2.45, 2.75) is 19.3 Å². The van der Waals surface area contributed by atoms with Gasteiger partial charge in [0, 0.05) is 38.3 Å². The quantitative estimate of drug-likeness (QED) is 0.136. The molecule has 2 bridgehead atoms. The second-order valence-corrected chi connectivity index (χ2v) is 8.85. The van der Waals surface area contributed by atoms with Crippen LogP contribution in [-0.4, -0.2) is 54.3 Å². The number of hydrogen-bond donors (Lipinski definition) is 2. The largest absolute Gasteiger partial charge is 0.356 e. The minimum atomic E-state index is -0.108. The Morgan fingerprint density at radius 3 is 2.48 bits per heavy atom. The maximum absolute atomic E-state index is 12.8. The lowest BCUT2D eigenvalue weighted by molar-refractivity contribution is -0.140. The monoisotopic (exact) mass is 559 g/mol. The number of guanidine groups is 1. The molecule has 3 aliphatic rings. The second kappa shape index (κ2) is 10.2. The number of halogens is 1. The summed E-state index contributed by atoms with van der Waals surface area (Å²) in [6.07, 6.45) is 8.60. The molecule has 7 nitrogen and oxygen atoms in total. The first-order chi connectivity index (χ1) is 15.7. The second-order valence-electron chi connectivity index (χ2n) is 8.85. The van der Waals surface area contributed by atoms with Crippen LogP contribution in [0.1, 0.15) is 18.4 Å². The summed E-state index contributed by atoms with van der Waals surface area (Å²) in [5, 5.41) is 7.77. The van der Waals surface area contributed by atoms with E-state index in [2.05, 4.69) is 57.0 Å². The van der Waals surface area contributed by atoms with Gasteiger partial charge in [-0.15, -0.1) is 24.0 Å². The molecule has 2 fully saturated rings. The van der Waals surface area contributed by atoms with Gasteiger partial charge in [-0.05, 0) is 42.7 Å². The number of nitrogens with one attached hydrogen (secondary N) is 2. The molecule has 1 aromatic carbocycles. The molecule has 2 N–H and O–H groups in total. The van der Waals surface area contributed by atoms with Crippen LogP contribution in [0.25, 0.3) is 10.9 Å². The van der Waals surface area contributed by atoms with Crippen LogP contribution in [0, 0.1) is 23.7 Å². The number of carbonyl (C=O) groups excluding carboxylic acids is 2. The van der Waals surface area contributed by atoms with Crippen LogP contribution in [0.5, 0.6) is 0 Å². The zero-order valence-electron chi connectivity index (χ0n) is 18.7. The Bertz CT molecular complexity index is 1070. The van der Waals surface area contributed by atoms with Crippen LogP contribution in [0.15, 0.2) is 53.7 Å². The molecule has 1 aliphatic heterocycles. The van der Waals surface area contributed by atoms with E-state index in [4.69, 9.17) is 0 Å². The molecule has 4 unspecified atom stereocenters. The Labute approximate surface area is 211 Å². The zero-order chi connectivity index (χ0) is 22.1. The van der Waals surface area contributed by atoms with E-state index < -0.39 is 0 Å². The number of likely N-dealkylation sites (tertiary alicyclic amines) is 1. The van der Waals surface area contributed by atoms with Crippen molar-refractivity contribution in [3.05, 3.63) is 54.2 Å². The van der Waals surface area contributed by atoms with E-state index in [-0.39, 0.29) is 59.5 Å². The Morgan fingerprint density at radius 2 is 1.76 bits per heavy atom. The fourth-order valence-electron chi connectivity index (χ4n) is 5.53. The number of imide groups is 1. The number of pyridine rings is 1. The molecule has 8 heteroatoms. The number of nitrogens with zero attached hydrogens (tertiary/aromatic N) is 3. The molecular weight excluding hydrogens is 529 g/mol. The van der Waals surface area contributed by atoms with Gasteiger partial charge < -0.3 is 10.6 Å². The van der Waals surface area contributed by atoms with Crippen LogP contribution in [-0.2, 0) is 16.0 Å². The van der Waals surface area contributed by atoms with Crippen molar-refractivity contribution in [2.24, 2.45) is 28.7 Å². The first-order valence-electron chi connectivity index (χ1n) is 11.5. The fourth-order valence-corrected chi connectivity index (χ4v) is 5.53. The minimum Gasteiger partial charge on any atom is -0.356 e. The van der Waals surface area contributed by atoms with Crippen LogP contribution < -0.4 is 10.6 Å². The molecule has 33 heavy (non-hydrogen) atoms. The number of allylic oxidation sites excluding steroid dienone is 2. The Morgan fingerprint density at radius 1 is 1.06 bits per heavy atom. The highest BCUT2D eigenvalue weighted by molar-refractivity contribution is 14.0. The zero-order valence-corrected chi connectivity index (χ0v) is 21.1. The molecule has 174 valence electrons. The average Bonchev–Trinajstić information content (AvgIpc) is 3.50. The van der Waals surface area contributed by atoms with Gasteiger partial charge in [0.25, 0.3) is 0 Å². The Hall–Kier alpha value is -2.49. The van der Waals surface area contributed by atoms with E-state index in [1.165, 1.54) is 10.5 Å². The lowest BCUT2D eigenvalue weighted by atomic mass is 9.85. The van der Waals surface area contributed by atoms with Crippen LogP contribution in [0.4, 0.5) is 0 Å². The van der Waals surface area contributed by atoms with E-state index in [1.807, 2.05) is 12.3 Å². The predicted octanol–water partition coefficient (Wildman–Crippen LogP) is 2.76. The third-order valence-electron chi connectivity index (χ3n) is 7.04. The number of para-hydroxylation sites is 1. The molecule has 2 aliphatic carbocycles. The predicted molar refractivity (Wildman–Crippen MR) is 139 cm³/mol. The average molecular weight is 559 g/mol. The van der Waals surface area contributed by atoms with Gasteiger partial charge in [0.05, 0.1) is 17.4 Å². The first kappa shape index (κ1) is 23.7. The number of rotatable bonds is 7. The fraction of sp³-hybridized carbons (Fsp3) is 0.440. The molecule has 2 aromatic rings. The van der Waals surface area contributed by atoms with Gasteiger partial charge in [-0.3, -0.25) is 24.5 Å². The summed E-state index contributed by atoms with van der Waals surface area (Å²) >= 11 is 0. The van der Waals surface area contributed by atoms with Crippen LogP contribution in [0.2, 0.25) is 0 Å². The molecule has 1 saturated heterocycles. The van der Waals surface area contributed by atoms with Crippen molar-refractivity contribution in [2.75, 3.05) is 26.7 Å². The van der Waals surface area contributed by atoms with Crippen molar-refractivity contribution < 1.29 is 9.59 Å². The van der Waals surface area contributed by atoms with Gasteiger partial charge in [-0.2, -0.15) is 0 Å². The maximum Gasteiger partial charge on any atom is 0.233 e. The summed E-state index contributed by atoms with van der Waals surface area (Å²) in [5.74, 6) is 1.10. The topological polar surface area (TPSA) is 86.7 Å². The summed E-state index contributed by atoms with van der Waals surface area (Å²) in [6.45, 7) is 1.85. The smallest absolute Gasteiger partial charge is 0.233 e. The molecular formula is C25H30IN5O2. The summed E-state index contributed by atoms with van der Waals surface area (Å²) in [4.78, 5) is 35.8. The third-order valence-corrected chi connectivity index (χ3v) is 7.04. The maximum atomic E-state index is 12.8. The minimum absolute atomic E-state index is 0. The molecule has 2 heterocycles. The number of aliphatic imine (C=N–C) groups is 1. The summed E-state index contributed by atoms with van der Waals surface area (Å²) in [5.41, 5.74) is 2.24. The van der Waals surface area contributed by atoms with Crippen molar-refractivity contribution in [3.8, 4) is 0 Å². The van der Waals surface area contributed by atoms with Gasteiger partial charge in [0.2, 0.25) is 11.8 Å². The van der Waals surface area contributed by atoms with E-state index in [1.54, 1.807) is 7.05 Å². The summed E-state index contributed by atoms with van der Waals surface area (Å²) < 4.78 is 0. The molecule has 0 radical (unpaired) electrons. The number of hydrogen-bond acceptors (Lipinski definition) is 4. The number of aromatic nitrogens is 1. The third kappa shape index (κ3) is 4.49. The van der Waals surface area contributed by atoms with Crippen molar-refractivity contribution in [1.82, 2.24) is 20.5 Å². The highest BCUT2D eigenvalue weighted by Crippen LogP contribution is 2.52. The normalized spacial score (nSPS) is 25.5. The Balaban J connectivity index is 0.00000259. The molecule has 5 rings (SSSR count). The Kier molecular flexibility index (Phi) is 7.31. The standard InChI is InChI=1S/C25H29N5O2.HI/c1-26-25(29-13-10-17-6-2-5-16-7-3-11-27-22(16)17)28-12-4-14-30-23(31)20-18-8-9-19(15-18)21(20)24(30)32;/h2-3,5-9,11,18-21H,4,10,12-15H2,1H3,(H2,26,28,29);1H. The lowest BCUT2D eigenvalue weighted by Crippen LogP contribution is -2.40. The van der Waals surface area contributed by atoms with Crippen LogP contribution >= 0.6 is 24.0 Å². The molecule has 2 amide bonds. The molecule has 1 saturated carbocycles. The van der Waals surface area contributed by atoms with Gasteiger partial charge in [0.15, 0.2) is 5.96 Å². The number of carbonyl (C=O) groups is 2. The lowest BCUT2D eigenvalue weighted by Gasteiger charge is -2.18. The van der Waals surface area contributed by atoms with Gasteiger partial charge in [-0.1, -0.05) is 36.4 Å². The first-order valence-corrected chi connectivity index (χ1v) is 11.5. The van der Waals surface area contributed by atoms with Gasteiger partial charge >= 0.3 is 0 Å². The molecule has 4 atom stereocenters. The van der Waals surface area contributed by atoms with E-state index in [9.17, 15) is 9.59 Å². The number of amides is 2. The molecule has 0 spiro atoms. The number of fused-ring (bicyclic) bond motifs is 6. The van der Waals surface area contributed by atoms with Crippen LogP contribution in [0.3, 0.4) is 0 Å². The van der Waals surface area contributed by atoms with Crippen molar-refractivity contribution >= 4 is 52.7 Å². The van der Waals surface area contributed by atoms with E-state index >= 15 is 0 Å². The van der Waals surface area contributed by atoms with Crippen molar-refractivity contribution in [3.63, 3.8) is 0 Å². The van der Waals surface area contributed by atoms with Crippen molar-refractivity contribution in [1.29, 1.82) is 0 Å². The van der Waals surface area contributed by atoms with Gasteiger partial charge in [0.1, 0.15) is 0 Å². The molecule has 1 aromatic heterocycles. The van der Waals surface area contributed by atoms with E-state index in [0.717, 1.165) is 36.2 Å². The highest BCUT2D eigenvalue weighted by Gasteiger charge is 2.58. The number of benzene rings is 1. The van der Waals surface area contributed by atoms with Gasteiger partial charge in [-0.25, -0.2) is 0 Å². The summed E-state index contributed by atoms with van der Waals surface area (Å²) in [7, 11) is 1.74. The summed E-state index contributed by atoms with van der Waals surface area (Å²) in [6, 6.07) is 10.3. The highest BCUT2D eigenvalue weighted by atomic mass is 127. The van der Waals surface area contributed by atoms with E-state index in [0.29, 0.717) is 19.5 Å². The SMILES string of the molecule is CN=C(NCCCN1C(=O)C2C3C=CC(C3)C2C1=O)NCCc1cccc2cccnc12.I.